The van der Waals surface area contributed by atoms with Crippen LogP contribution in [0.5, 0.6) is 0 Å². The van der Waals surface area contributed by atoms with Gasteiger partial charge in [-0.25, -0.2) is 0 Å². The average Bonchev–Trinajstić information content (AvgIpc) is 2.74. The molecule has 2 heterocycles. The molecule has 1 aliphatic heterocycles. The van der Waals surface area contributed by atoms with Gasteiger partial charge in [0.1, 0.15) is 0 Å². The summed E-state index contributed by atoms with van der Waals surface area (Å²) >= 11 is 0. The maximum atomic E-state index is 5.27. The van der Waals surface area contributed by atoms with Crippen molar-refractivity contribution in [3.63, 3.8) is 0 Å². The molecule has 19 heavy (non-hydrogen) atoms. The molecular weight excluding hydrogens is 240 g/mol. The largest absolute Gasteiger partial charge is 0.338 e. The van der Waals surface area contributed by atoms with E-state index in [0.717, 1.165) is 25.5 Å². The van der Waals surface area contributed by atoms with Crippen molar-refractivity contribution in [3.8, 4) is 0 Å². The van der Waals surface area contributed by atoms with Crippen LogP contribution in [0.3, 0.4) is 0 Å². The predicted octanol–water partition coefficient (Wildman–Crippen LogP) is 1.83. The quantitative estimate of drug-likeness (QED) is 0.901. The molecule has 1 aromatic rings. The van der Waals surface area contributed by atoms with Crippen LogP contribution in [0.4, 0.5) is 0 Å². The Labute approximate surface area is 115 Å². The molecule has 0 bridgehead atoms. The van der Waals surface area contributed by atoms with E-state index in [9.17, 15) is 0 Å². The highest BCUT2D eigenvalue weighted by atomic mass is 16.5. The molecule has 2 rings (SSSR count). The molecule has 0 amide bonds. The van der Waals surface area contributed by atoms with Crippen LogP contribution in [0.1, 0.15) is 39.4 Å². The van der Waals surface area contributed by atoms with E-state index in [1.165, 1.54) is 0 Å². The van der Waals surface area contributed by atoms with E-state index >= 15 is 0 Å². The molecule has 1 saturated heterocycles. The summed E-state index contributed by atoms with van der Waals surface area (Å²) in [6.45, 7) is 13.8. The average molecular weight is 266 g/mol. The van der Waals surface area contributed by atoms with Crippen molar-refractivity contribution >= 4 is 0 Å². The number of aromatic nitrogens is 2. The van der Waals surface area contributed by atoms with E-state index in [1.54, 1.807) is 0 Å². The summed E-state index contributed by atoms with van der Waals surface area (Å²) in [7, 11) is 0. The first-order valence-corrected chi connectivity index (χ1v) is 7.24. The standard InChI is InChI=1S/C14H26N4O/c1-9(2)12-7-18(13(6-15-12)10(3)4)8-14-16-11(5)17-19-14/h9-10,12-13,15H,6-8H2,1-5H3. The Morgan fingerprint density at radius 1 is 1.32 bits per heavy atom. The molecule has 5 nitrogen and oxygen atoms in total. The molecule has 0 spiro atoms. The third-order valence-corrected chi connectivity index (χ3v) is 3.97. The topological polar surface area (TPSA) is 54.2 Å². The molecule has 0 saturated carbocycles. The van der Waals surface area contributed by atoms with Crippen molar-refractivity contribution in [2.24, 2.45) is 11.8 Å². The van der Waals surface area contributed by atoms with Crippen LogP contribution in [-0.4, -0.2) is 40.2 Å². The lowest BCUT2D eigenvalue weighted by atomic mass is 9.94. The Morgan fingerprint density at radius 2 is 2.05 bits per heavy atom. The first-order chi connectivity index (χ1) is 8.97. The molecule has 2 unspecified atom stereocenters. The first-order valence-electron chi connectivity index (χ1n) is 7.24. The van der Waals surface area contributed by atoms with Crippen molar-refractivity contribution in [2.75, 3.05) is 13.1 Å². The predicted molar refractivity (Wildman–Crippen MR) is 74.7 cm³/mol. The summed E-state index contributed by atoms with van der Waals surface area (Å²) in [5.41, 5.74) is 0. The van der Waals surface area contributed by atoms with Crippen LogP contribution in [0.15, 0.2) is 4.52 Å². The molecule has 5 heteroatoms. The number of hydrogen-bond acceptors (Lipinski definition) is 5. The third kappa shape index (κ3) is 3.54. The maximum Gasteiger partial charge on any atom is 0.240 e. The van der Waals surface area contributed by atoms with Gasteiger partial charge in [0.05, 0.1) is 6.54 Å². The molecule has 1 fully saturated rings. The fourth-order valence-corrected chi connectivity index (χ4v) is 2.72. The van der Waals surface area contributed by atoms with Crippen LogP contribution in [0.25, 0.3) is 0 Å². The zero-order valence-electron chi connectivity index (χ0n) is 12.7. The van der Waals surface area contributed by atoms with Gasteiger partial charge in [0.25, 0.3) is 0 Å². The van der Waals surface area contributed by atoms with Crippen molar-refractivity contribution in [2.45, 2.75) is 53.2 Å². The highest BCUT2D eigenvalue weighted by Crippen LogP contribution is 2.20. The summed E-state index contributed by atoms with van der Waals surface area (Å²) < 4.78 is 5.27. The van der Waals surface area contributed by atoms with Gasteiger partial charge in [-0.2, -0.15) is 4.98 Å². The molecule has 2 atom stereocenters. The Bertz CT molecular complexity index is 402. The van der Waals surface area contributed by atoms with E-state index in [2.05, 4.69) is 48.1 Å². The van der Waals surface area contributed by atoms with Gasteiger partial charge >= 0.3 is 0 Å². The zero-order valence-corrected chi connectivity index (χ0v) is 12.7. The maximum absolute atomic E-state index is 5.27. The number of rotatable bonds is 4. The minimum absolute atomic E-state index is 0.530. The summed E-state index contributed by atoms with van der Waals surface area (Å²) in [5, 5.41) is 7.54. The smallest absolute Gasteiger partial charge is 0.240 e. The minimum atomic E-state index is 0.530. The Balaban J connectivity index is 2.07. The van der Waals surface area contributed by atoms with E-state index in [-0.39, 0.29) is 0 Å². The fraction of sp³-hybridized carbons (Fsp3) is 0.857. The normalized spacial score (nSPS) is 25.4. The Kier molecular flexibility index (Phi) is 4.58. The SMILES string of the molecule is Cc1noc(CN2CC(C(C)C)NCC2C(C)C)n1. The van der Waals surface area contributed by atoms with Gasteiger partial charge in [-0.1, -0.05) is 32.9 Å². The lowest BCUT2D eigenvalue weighted by molar-refractivity contribution is 0.0685. The second-order valence-electron chi connectivity index (χ2n) is 6.23. The van der Waals surface area contributed by atoms with Gasteiger partial charge in [0.2, 0.25) is 5.89 Å². The van der Waals surface area contributed by atoms with Crippen LogP contribution in [-0.2, 0) is 6.54 Å². The molecule has 1 N–H and O–H groups in total. The van der Waals surface area contributed by atoms with Crippen LogP contribution in [0.2, 0.25) is 0 Å². The van der Waals surface area contributed by atoms with Crippen molar-refractivity contribution in [1.82, 2.24) is 20.4 Å². The fourth-order valence-electron chi connectivity index (χ4n) is 2.72. The van der Waals surface area contributed by atoms with Crippen LogP contribution in [0, 0.1) is 18.8 Å². The lowest BCUT2D eigenvalue weighted by Crippen LogP contribution is -2.59. The summed E-state index contributed by atoms with van der Waals surface area (Å²) in [4.78, 5) is 6.81. The van der Waals surface area contributed by atoms with Gasteiger partial charge in [0, 0.05) is 25.2 Å². The van der Waals surface area contributed by atoms with Crippen molar-refractivity contribution in [3.05, 3.63) is 11.7 Å². The molecule has 0 aromatic carbocycles. The van der Waals surface area contributed by atoms with E-state index in [4.69, 9.17) is 4.52 Å². The number of nitrogens with one attached hydrogen (secondary N) is 1. The minimum Gasteiger partial charge on any atom is -0.338 e. The monoisotopic (exact) mass is 266 g/mol. The molecule has 0 radical (unpaired) electrons. The van der Waals surface area contributed by atoms with Crippen LogP contribution >= 0.6 is 0 Å². The van der Waals surface area contributed by atoms with Gasteiger partial charge in [0.15, 0.2) is 5.82 Å². The third-order valence-electron chi connectivity index (χ3n) is 3.97. The molecule has 1 aliphatic rings. The summed E-state index contributed by atoms with van der Waals surface area (Å²) in [5.74, 6) is 2.70. The van der Waals surface area contributed by atoms with Gasteiger partial charge < -0.3 is 9.84 Å². The van der Waals surface area contributed by atoms with E-state index in [0.29, 0.717) is 29.7 Å². The number of hydrogen-bond donors (Lipinski definition) is 1. The van der Waals surface area contributed by atoms with Gasteiger partial charge in [-0.15, -0.1) is 0 Å². The van der Waals surface area contributed by atoms with Gasteiger partial charge in [-0.05, 0) is 18.8 Å². The van der Waals surface area contributed by atoms with Crippen LogP contribution < -0.4 is 5.32 Å². The summed E-state index contributed by atoms with van der Waals surface area (Å²) in [6, 6.07) is 1.07. The van der Waals surface area contributed by atoms with Gasteiger partial charge in [-0.3, -0.25) is 4.90 Å². The molecule has 1 aromatic heterocycles. The molecule has 108 valence electrons. The molecular formula is C14H26N4O. The highest BCUT2D eigenvalue weighted by Gasteiger charge is 2.31. The van der Waals surface area contributed by atoms with Crippen molar-refractivity contribution < 1.29 is 4.52 Å². The van der Waals surface area contributed by atoms with Crippen molar-refractivity contribution in [1.29, 1.82) is 0 Å². The Hall–Kier alpha value is -0.940. The first kappa shape index (κ1) is 14.5. The second-order valence-corrected chi connectivity index (χ2v) is 6.23. The zero-order chi connectivity index (χ0) is 14.0. The van der Waals surface area contributed by atoms with E-state index < -0.39 is 0 Å². The lowest BCUT2D eigenvalue weighted by Gasteiger charge is -2.43. The number of nitrogens with zero attached hydrogens (tertiary/aromatic N) is 3. The molecule has 0 aliphatic carbocycles. The Morgan fingerprint density at radius 3 is 2.58 bits per heavy atom. The number of piperazine rings is 1. The number of aryl methyl sites for hydroxylation is 1. The summed E-state index contributed by atoms with van der Waals surface area (Å²) in [6.07, 6.45) is 0. The second kappa shape index (κ2) is 6.01. The highest BCUT2D eigenvalue weighted by molar-refractivity contribution is 4.92. The van der Waals surface area contributed by atoms with E-state index in [1.807, 2.05) is 6.92 Å².